The molecule has 0 fully saturated rings. The molecule has 0 unspecified atom stereocenters. The third kappa shape index (κ3) is 3.29. The number of anilines is 1. The molecule has 1 N–H and O–H groups in total. The first kappa shape index (κ1) is 14.8. The van der Waals surface area contributed by atoms with Gasteiger partial charge in [-0.2, -0.15) is 13.2 Å². The summed E-state index contributed by atoms with van der Waals surface area (Å²) in [4.78, 5) is 16.1. The highest BCUT2D eigenvalue weighted by atomic mass is 35.5. The summed E-state index contributed by atoms with van der Waals surface area (Å²) < 4.78 is 37.8. The monoisotopic (exact) mass is 320 g/mol. The minimum Gasteiger partial charge on any atom is -0.320 e. The Hall–Kier alpha value is -1.60. The SMILES string of the molecule is Cc1ncc(C(=O)Nc2cc(C(F)(F)F)ccc2Cl)s1. The van der Waals surface area contributed by atoms with E-state index in [2.05, 4.69) is 10.3 Å². The third-order valence-electron chi connectivity index (χ3n) is 2.39. The van der Waals surface area contributed by atoms with Crippen LogP contribution in [-0.2, 0) is 6.18 Å². The molecule has 0 aliphatic rings. The van der Waals surface area contributed by atoms with Crippen LogP contribution < -0.4 is 5.32 Å². The number of aryl methyl sites for hydroxylation is 1. The van der Waals surface area contributed by atoms with E-state index in [1.54, 1.807) is 6.92 Å². The highest BCUT2D eigenvalue weighted by Crippen LogP contribution is 2.34. The van der Waals surface area contributed by atoms with Crippen molar-refractivity contribution in [3.63, 3.8) is 0 Å². The number of alkyl halides is 3. The first-order valence-corrected chi connectivity index (χ1v) is 6.57. The van der Waals surface area contributed by atoms with Gasteiger partial charge in [0.25, 0.3) is 5.91 Å². The molecule has 0 radical (unpaired) electrons. The van der Waals surface area contributed by atoms with Crippen molar-refractivity contribution in [1.82, 2.24) is 4.98 Å². The third-order valence-corrected chi connectivity index (χ3v) is 3.63. The Kier molecular flexibility index (Phi) is 4.01. The van der Waals surface area contributed by atoms with E-state index in [-0.39, 0.29) is 10.7 Å². The van der Waals surface area contributed by atoms with Crippen molar-refractivity contribution < 1.29 is 18.0 Å². The molecule has 0 atom stereocenters. The van der Waals surface area contributed by atoms with Gasteiger partial charge in [-0.05, 0) is 25.1 Å². The van der Waals surface area contributed by atoms with Crippen LogP contribution in [0, 0.1) is 6.92 Å². The average Bonchev–Trinajstić information content (AvgIpc) is 2.77. The van der Waals surface area contributed by atoms with Gasteiger partial charge in [0.1, 0.15) is 4.88 Å². The summed E-state index contributed by atoms with van der Waals surface area (Å²) in [5, 5.41) is 3.07. The lowest BCUT2D eigenvalue weighted by Crippen LogP contribution is -2.12. The predicted octanol–water partition coefficient (Wildman–Crippen LogP) is 4.38. The van der Waals surface area contributed by atoms with Gasteiger partial charge in [-0.1, -0.05) is 11.6 Å². The lowest BCUT2D eigenvalue weighted by Gasteiger charge is -2.11. The van der Waals surface area contributed by atoms with Crippen LogP contribution in [0.2, 0.25) is 5.02 Å². The van der Waals surface area contributed by atoms with Crippen LogP contribution in [0.1, 0.15) is 20.2 Å². The van der Waals surface area contributed by atoms with Gasteiger partial charge in [-0.25, -0.2) is 4.98 Å². The summed E-state index contributed by atoms with van der Waals surface area (Å²) in [5.41, 5.74) is -0.963. The van der Waals surface area contributed by atoms with Crippen LogP contribution in [0.15, 0.2) is 24.4 Å². The predicted molar refractivity (Wildman–Crippen MR) is 71.3 cm³/mol. The maximum absolute atomic E-state index is 12.6. The number of benzene rings is 1. The molecule has 0 aliphatic carbocycles. The summed E-state index contributed by atoms with van der Waals surface area (Å²) in [6.07, 6.45) is -3.14. The molecule has 1 amide bonds. The molecule has 1 heterocycles. The highest BCUT2D eigenvalue weighted by molar-refractivity contribution is 7.13. The second-order valence-electron chi connectivity index (χ2n) is 3.89. The number of thiazole rings is 1. The summed E-state index contributed by atoms with van der Waals surface area (Å²) >= 11 is 6.93. The van der Waals surface area contributed by atoms with E-state index in [1.807, 2.05) is 0 Å². The molecule has 8 heteroatoms. The topological polar surface area (TPSA) is 42.0 Å². The highest BCUT2D eigenvalue weighted by Gasteiger charge is 2.31. The Balaban J connectivity index is 2.27. The minimum atomic E-state index is -4.49. The van der Waals surface area contributed by atoms with Gasteiger partial charge in [0.2, 0.25) is 0 Å². The van der Waals surface area contributed by atoms with Crippen LogP contribution in [0.25, 0.3) is 0 Å². The zero-order valence-corrected chi connectivity index (χ0v) is 11.7. The Morgan fingerprint density at radius 3 is 2.65 bits per heavy atom. The molecule has 0 spiro atoms. The number of rotatable bonds is 2. The first-order valence-electron chi connectivity index (χ1n) is 5.38. The van der Waals surface area contributed by atoms with Gasteiger partial charge >= 0.3 is 6.18 Å². The van der Waals surface area contributed by atoms with E-state index in [0.717, 1.165) is 29.5 Å². The molecule has 1 aromatic carbocycles. The molecule has 0 bridgehead atoms. The van der Waals surface area contributed by atoms with Crippen molar-refractivity contribution in [3.05, 3.63) is 44.9 Å². The van der Waals surface area contributed by atoms with Crippen LogP contribution in [0.5, 0.6) is 0 Å². The lowest BCUT2D eigenvalue weighted by atomic mass is 10.2. The smallest absolute Gasteiger partial charge is 0.320 e. The Morgan fingerprint density at radius 1 is 1.40 bits per heavy atom. The van der Waals surface area contributed by atoms with Crippen molar-refractivity contribution in [2.24, 2.45) is 0 Å². The maximum Gasteiger partial charge on any atom is 0.416 e. The van der Waals surface area contributed by atoms with Gasteiger partial charge in [-0.3, -0.25) is 4.79 Å². The molecule has 0 saturated carbocycles. The molecule has 2 aromatic rings. The van der Waals surface area contributed by atoms with Gasteiger partial charge < -0.3 is 5.32 Å². The molecule has 106 valence electrons. The Morgan fingerprint density at radius 2 is 2.10 bits per heavy atom. The van der Waals surface area contributed by atoms with E-state index in [0.29, 0.717) is 9.88 Å². The minimum absolute atomic E-state index is 0.0348. The number of hydrogen-bond acceptors (Lipinski definition) is 3. The maximum atomic E-state index is 12.6. The summed E-state index contributed by atoms with van der Waals surface area (Å²) in [6, 6.07) is 2.75. The first-order chi connectivity index (χ1) is 9.27. The molecule has 0 aliphatic heterocycles. The molecule has 20 heavy (non-hydrogen) atoms. The molecular weight excluding hydrogens is 313 g/mol. The molecule has 3 nitrogen and oxygen atoms in total. The Labute approximate surface area is 121 Å². The van der Waals surface area contributed by atoms with Crippen molar-refractivity contribution >= 4 is 34.5 Å². The van der Waals surface area contributed by atoms with E-state index in [1.165, 1.54) is 6.20 Å². The van der Waals surface area contributed by atoms with Crippen molar-refractivity contribution in [2.45, 2.75) is 13.1 Å². The number of nitrogens with one attached hydrogen (secondary N) is 1. The van der Waals surface area contributed by atoms with Gasteiger partial charge in [-0.15, -0.1) is 11.3 Å². The van der Waals surface area contributed by atoms with E-state index < -0.39 is 17.6 Å². The molecular formula is C12H8ClF3N2OS. The number of nitrogens with zero attached hydrogens (tertiary/aromatic N) is 1. The zero-order chi connectivity index (χ0) is 14.9. The number of carbonyl (C=O) groups is 1. The van der Waals surface area contributed by atoms with Crippen LogP contribution in [0.4, 0.5) is 18.9 Å². The van der Waals surface area contributed by atoms with Crippen LogP contribution in [-0.4, -0.2) is 10.9 Å². The van der Waals surface area contributed by atoms with E-state index in [9.17, 15) is 18.0 Å². The standard InChI is InChI=1S/C12H8ClF3N2OS/c1-6-17-5-10(20-6)11(19)18-9-4-7(12(14,15)16)2-3-8(9)13/h2-5H,1H3,(H,18,19). The van der Waals surface area contributed by atoms with Gasteiger partial charge in [0.05, 0.1) is 27.5 Å². The fourth-order valence-electron chi connectivity index (χ4n) is 1.45. The second-order valence-corrected chi connectivity index (χ2v) is 5.53. The normalized spacial score (nSPS) is 11.4. The van der Waals surface area contributed by atoms with Crippen molar-refractivity contribution in [1.29, 1.82) is 0 Å². The molecule has 2 rings (SSSR count). The number of amides is 1. The zero-order valence-electron chi connectivity index (χ0n) is 10.1. The van der Waals surface area contributed by atoms with E-state index >= 15 is 0 Å². The molecule has 1 aromatic heterocycles. The second kappa shape index (κ2) is 5.41. The molecule has 0 saturated heterocycles. The van der Waals surface area contributed by atoms with Crippen LogP contribution >= 0.6 is 22.9 Å². The fraction of sp³-hybridized carbons (Fsp3) is 0.167. The quantitative estimate of drug-likeness (QED) is 0.892. The fourth-order valence-corrected chi connectivity index (χ4v) is 2.29. The van der Waals surface area contributed by atoms with Gasteiger partial charge in [0.15, 0.2) is 0 Å². The Bertz CT molecular complexity index is 654. The number of carbonyl (C=O) groups excluding carboxylic acids is 1. The summed E-state index contributed by atoms with van der Waals surface area (Å²) in [5.74, 6) is -0.545. The summed E-state index contributed by atoms with van der Waals surface area (Å²) in [6.45, 7) is 1.72. The lowest BCUT2D eigenvalue weighted by molar-refractivity contribution is -0.137. The average molecular weight is 321 g/mol. The van der Waals surface area contributed by atoms with Gasteiger partial charge in [0, 0.05) is 0 Å². The number of aromatic nitrogens is 1. The number of halogens is 4. The van der Waals surface area contributed by atoms with Crippen molar-refractivity contribution in [3.8, 4) is 0 Å². The summed E-state index contributed by atoms with van der Waals surface area (Å²) in [7, 11) is 0. The number of hydrogen-bond donors (Lipinski definition) is 1. The van der Waals surface area contributed by atoms with Crippen molar-refractivity contribution in [2.75, 3.05) is 5.32 Å². The largest absolute Gasteiger partial charge is 0.416 e. The van der Waals surface area contributed by atoms with E-state index in [4.69, 9.17) is 11.6 Å². The van der Waals surface area contributed by atoms with Crippen LogP contribution in [0.3, 0.4) is 0 Å².